The van der Waals surface area contributed by atoms with Gasteiger partial charge in [0.25, 0.3) is 0 Å². The molecule has 33 heavy (non-hydrogen) atoms. The van der Waals surface area contributed by atoms with E-state index in [1.807, 2.05) is 6.07 Å². The second-order valence-electron chi connectivity index (χ2n) is 6.90. The van der Waals surface area contributed by atoms with E-state index in [4.69, 9.17) is 25.5 Å². The molecule has 3 aromatic carbocycles. The molecule has 0 bridgehead atoms. The Hall–Kier alpha value is -4.10. The Bertz CT molecular complexity index is 1360. The predicted molar refractivity (Wildman–Crippen MR) is 121 cm³/mol. The quantitative estimate of drug-likeness (QED) is 0.218. The van der Waals surface area contributed by atoms with Gasteiger partial charge >= 0.3 is 11.9 Å². The van der Waals surface area contributed by atoms with E-state index in [0.29, 0.717) is 16.9 Å². The molecule has 0 fully saturated rings. The number of fused-ring (bicyclic) bond motifs is 1. The fraction of sp³-hybridized carbons (Fsp3) is 0.0800. The van der Waals surface area contributed by atoms with Crippen LogP contribution < -0.4 is 14.9 Å². The summed E-state index contributed by atoms with van der Waals surface area (Å²) in [6.45, 7) is 0. The largest absolute Gasteiger partial charge is 0.465 e. The lowest BCUT2D eigenvalue weighted by Gasteiger charge is -2.10. The van der Waals surface area contributed by atoms with E-state index in [-0.39, 0.29) is 22.5 Å². The Morgan fingerprint density at radius 3 is 2.33 bits per heavy atom. The number of esters is 2. The molecule has 1 heterocycles. The van der Waals surface area contributed by atoms with Crippen molar-refractivity contribution in [3.8, 4) is 17.2 Å². The van der Waals surface area contributed by atoms with Crippen LogP contribution in [0.25, 0.3) is 11.0 Å². The molecule has 0 spiro atoms. The summed E-state index contributed by atoms with van der Waals surface area (Å²) >= 11 is 6.19. The Labute approximate surface area is 193 Å². The van der Waals surface area contributed by atoms with Crippen molar-refractivity contribution in [3.63, 3.8) is 0 Å². The molecular weight excluding hydrogens is 448 g/mol. The zero-order chi connectivity index (χ0) is 23.4. The van der Waals surface area contributed by atoms with Gasteiger partial charge < -0.3 is 18.6 Å². The molecule has 0 radical (unpaired) electrons. The summed E-state index contributed by atoms with van der Waals surface area (Å²) in [5.74, 6) is -0.645. The highest BCUT2D eigenvalue weighted by Crippen LogP contribution is 2.27. The van der Waals surface area contributed by atoms with Crippen LogP contribution in [0.2, 0.25) is 0 Å². The monoisotopic (exact) mass is 464 g/mol. The van der Waals surface area contributed by atoms with Gasteiger partial charge in [0.2, 0.25) is 11.2 Å². The minimum atomic E-state index is -0.977. The van der Waals surface area contributed by atoms with Crippen LogP contribution in [0.3, 0.4) is 0 Å². The number of hydrogen-bond acceptors (Lipinski definition) is 7. The Kier molecular flexibility index (Phi) is 6.42. The number of ether oxygens (including phenoxy) is 3. The summed E-state index contributed by atoms with van der Waals surface area (Å²) in [7, 11) is 1.29. The molecule has 0 saturated heterocycles. The molecule has 8 heteroatoms. The number of methoxy groups -OCH3 is 1. The van der Waals surface area contributed by atoms with Crippen LogP contribution in [0.5, 0.6) is 17.2 Å². The van der Waals surface area contributed by atoms with Gasteiger partial charge in [0, 0.05) is 6.07 Å². The summed E-state index contributed by atoms with van der Waals surface area (Å²) < 4.78 is 21.1. The van der Waals surface area contributed by atoms with Crippen molar-refractivity contribution in [2.75, 3.05) is 7.11 Å². The average molecular weight is 465 g/mol. The van der Waals surface area contributed by atoms with Crippen molar-refractivity contribution < 1.29 is 28.2 Å². The molecule has 1 aromatic heterocycles. The third-order valence-electron chi connectivity index (χ3n) is 4.74. The number of hydrogen-bond donors (Lipinski definition) is 0. The first-order valence-corrected chi connectivity index (χ1v) is 10.2. The highest BCUT2D eigenvalue weighted by Gasteiger charge is 2.20. The molecule has 0 amide bonds. The molecule has 7 nitrogen and oxygen atoms in total. The summed E-state index contributed by atoms with van der Waals surface area (Å²) in [4.78, 5) is 36.7. The number of carbonyl (C=O) groups excluding carboxylic acids is 2. The van der Waals surface area contributed by atoms with Gasteiger partial charge in [0.1, 0.15) is 23.3 Å². The van der Waals surface area contributed by atoms with Gasteiger partial charge in [-0.3, -0.25) is 4.79 Å². The normalized spacial score (nSPS) is 11.6. The smallest absolute Gasteiger partial charge is 0.337 e. The first kappa shape index (κ1) is 22.1. The SMILES string of the molecule is COC(=O)c1ccc(Oc2coc3cc(OC(=O)C(Cl)c4ccccc4)ccc3c2=O)cc1. The zero-order valence-corrected chi connectivity index (χ0v) is 18.1. The lowest BCUT2D eigenvalue weighted by molar-refractivity contribution is -0.134. The molecular formula is C25H17ClO7. The lowest BCUT2D eigenvalue weighted by Crippen LogP contribution is -2.14. The minimum Gasteiger partial charge on any atom is -0.465 e. The van der Waals surface area contributed by atoms with E-state index >= 15 is 0 Å². The van der Waals surface area contributed by atoms with Crippen LogP contribution in [0.4, 0.5) is 0 Å². The maximum Gasteiger partial charge on any atom is 0.337 e. The first-order valence-electron chi connectivity index (χ1n) is 9.79. The summed E-state index contributed by atoms with van der Waals surface area (Å²) in [6.07, 6.45) is 1.17. The van der Waals surface area contributed by atoms with Gasteiger partial charge in [-0.15, -0.1) is 11.6 Å². The molecule has 4 rings (SSSR count). The van der Waals surface area contributed by atoms with Crippen LogP contribution >= 0.6 is 11.6 Å². The summed E-state index contributed by atoms with van der Waals surface area (Å²) in [6, 6.07) is 19.3. The number of rotatable bonds is 6. The van der Waals surface area contributed by atoms with Crippen LogP contribution in [-0.4, -0.2) is 19.0 Å². The van der Waals surface area contributed by atoms with E-state index in [9.17, 15) is 14.4 Å². The Morgan fingerprint density at radius 2 is 1.64 bits per heavy atom. The lowest BCUT2D eigenvalue weighted by atomic mass is 10.1. The van der Waals surface area contributed by atoms with Gasteiger partial charge in [-0.1, -0.05) is 30.3 Å². The predicted octanol–water partition coefficient (Wildman–Crippen LogP) is 5.26. The number of carbonyl (C=O) groups is 2. The maximum atomic E-state index is 12.8. The fourth-order valence-corrected chi connectivity index (χ4v) is 3.24. The molecule has 0 aliphatic rings. The first-order chi connectivity index (χ1) is 16.0. The van der Waals surface area contributed by atoms with Gasteiger partial charge in [0.15, 0.2) is 5.38 Å². The molecule has 0 N–H and O–H groups in total. The number of alkyl halides is 1. The van der Waals surface area contributed by atoms with Gasteiger partial charge in [-0.05, 0) is 42.0 Å². The van der Waals surface area contributed by atoms with Crippen LogP contribution in [0.15, 0.2) is 88.3 Å². The van der Waals surface area contributed by atoms with Crippen molar-refractivity contribution in [3.05, 3.63) is 100 Å². The number of benzene rings is 3. The summed E-state index contributed by atoms with van der Waals surface area (Å²) in [5, 5.41) is -0.737. The molecule has 0 aliphatic heterocycles. The van der Waals surface area contributed by atoms with Crippen molar-refractivity contribution >= 4 is 34.5 Å². The third-order valence-corrected chi connectivity index (χ3v) is 5.17. The highest BCUT2D eigenvalue weighted by molar-refractivity contribution is 6.30. The van der Waals surface area contributed by atoms with Gasteiger partial charge in [-0.2, -0.15) is 0 Å². The van der Waals surface area contributed by atoms with E-state index in [2.05, 4.69) is 4.74 Å². The van der Waals surface area contributed by atoms with Gasteiger partial charge in [-0.25, -0.2) is 9.59 Å². The highest BCUT2D eigenvalue weighted by atomic mass is 35.5. The van der Waals surface area contributed by atoms with Crippen molar-refractivity contribution in [1.82, 2.24) is 0 Å². The minimum absolute atomic E-state index is 0.0389. The maximum absolute atomic E-state index is 12.8. The third kappa shape index (κ3) is 4.88. The molecule has 1 atom stereocenters. The Balaban J connectivity index is 1.52. The molecule has 4 aromatic rings. The second-order valence-corrected chi connectivity index (χ2v) is 7.34. The van der Waals surface area contributed by atoms with Gasteiger partial charge in [0.05, 0.1) is 18.1 Å². The fourth-order valence-electron chi connectivity index (χ4n) is 3.05. The molecule has 166 valence electrons. The van der Waals surface area contributed by atoms with Crippen molar-refractivity contribution in [2.45, 2.75) is 5.38 Å². The van der Waals surface area contributed by atoms with Crippen LogP contribution in [0, 0.1) is 0 Å². The van der Waals surface area contributed by atoms with Crippen LogP contribution in [0.1, 0.15) is 21.3 Å². The molecule has 0 aliphatic carbocycles. The average Bonchev–Trinajstić information content (AvgIpc) is 2.85. The van der Waals surface area contributed by atoms with E-state index in [1.54, 1.807) is 24.3 Å². The van der Waals surface area contributed by atoms with E-state index in [1.165, 1.54) is 55.8 Å². The van der Waals surface area contributed by atoms with Crippen molar-refractivity contribution in [1.29, 1.82) is 0 Å². The van der Waals surface area contributed by atoms with E-state index in [0.717, 1.165) is 0 Å². The zero-order valence-electron chi connectivity index (χ0n) is 17.3. The standard InChI is InChI=1S/C25H17ClO7/c1-30-24(28)16-7-9-17(10-8-16)32-21-14-31-20-13-18(11-12-19(20)23(21)27)33-25(29)22(26)15-5-3-2-4-6-15/h2-14,22H,1H3. The topological polar surface area (TPSA) is 92.0 Å². The van der Waals surface area contributed by atoms with E-state index < -0.39 is 22.7 Å². The van der Waals surface area contributed by atoms with Crippen LogP contribution in [-0.2, 0) is 9.53 Å². The molecule has 1 unspecified atom stereocenters. The number of halogens is 1. The van der Waals surface area contributed by atoms with Crippen molar-refractivity contribution in [2.24, 2.45) is 0 Å². The second kappa shape index (κ2) is 9.58. The Morgan fingerprint density at radius 1 is 0.939 bits per heavy atom. The summed E-state index contributed by atoms with van der Waals surface area (Å²) in [5.41, 5.74) is 0.761. The molecule has 0 saturated carbocycles.